The molecule has 0 radical (unpaired) electrons. The molecule has 0 fully saturated rings. The molecule has 3 rings (SSSR count). The highest BCUT2D eigenvalue weighted by Crippen LogP contribution is 2.28. The third-order valence-corrected chi connectivity index (χ3v) is 4.21. The molecule has 4 N–H and O–H groups in total. The summed E-state index contributed by atoms with van der Waals surface area (Å²) in [5, 5.41) is 23.5. The Hall–Kier alpha value is -3.49. The van der Waals surface area contributed by atoms with Gasteiger partial charge in [-0.3, -0.25) is 14.8 Å². The molecule has 3 aromatic rings. The van der Waals surface area contributed by atoms with E-state index >= 15 is 0 Å². The lowest BCUT2D eigenvalue weighted by molar-refractivity contribution is -0.111. The lowest BCUT2D eigenvalue weighted by Crippen LogP contribution is -2.19. The third-order valence-electron chi connectivity index (χ3n) is 4.21. The summed E-state index contributed by atoms with van der Waals surface area (Å²) in [5.41, 5.74) is 3.66. The average molecular weight is 392 g/mol. The first-order chi connectivity index (χ1) is 13.9. The summed E-state index contributed by atoms with van der Waals surface area (Å²) >= 11 is 0. The fourth-order valence-electron chi connectivity index (χ4n) is 2.77. The molecular weight excluding hydrogens is 368 g/mol. The van der Waals surface area contributed by atoms with Gasteiger partial charge in [0.15, 0.2) is 5.82 Å². The minimum Gasteiger partial charge on any atom is -0.374 e. The molecule has 8 heteroatoms. The van der Waals surface area contributed by atoms with Gasteiger partial charge >= 0.3 is 0 Å². The van der Waals surface area contributed by atoms with Gasteiger partial charge < -0.3 is 15.7 Å². The van der Waals surface area contributed by atoms with Gasteiger partial charge in [-0.2, -0.15) is 5.10 Å². The van der Waals surface area contributed by atoms with Crippen molar-refractivity contribution in [1.82, 2.24) is 20.1 Å². The molecule has 2 aromatic heterocycles. The molecule has 150 valence electrons. The maximum absolute atomic E-state index is 11.6. The van der Waals surface area contributed by atoms with Crippen molar-refractivity contribution in [1.29, 1.82) is 0 Å². The summed E-state index contributed by atoms with van der Waals surface area (Å²) in [4.78, 5) is 18.0. The number of aliphatic hydroxyl groups is 1. The number of carbonyl (C=O) groups excluding carboxylic acids is 1. The van der Waals surface area contributed by atoms with Gasteiger partial charge in [0.05, 0.1) is 5.69 Å². The van der Waals surface area contributed by atoms with Crippen molar-refractivity contribution in [3.63, 3.8) is 0 Å². The number of rotatable bonds is 7. The highest BCUT2D eigenvalue weighted by Gasteiger charge is 2.15. The van der Waals surface area contributed by atoms with Gasteiger partial charge in [-0.05, 0) is 51.4 Å². The van der Waals surface area contributed by atoms with Gasteiger partial charge in [-0.15, -0.1) is 0 Å². The quantitative estimate of drug-likeness (QED) is 0.363. The van der Waals surface area contributed by atoms with E-state index in [1.54, 1.807) is 31.1 Å². The van der Waals surface area contributed by atoms with E-state index in [2.05, 4.69) is 32.4 Å². The number of nitrogens with one attached hydrogen (secondary N) is 3. The van der Waals surface area contributed by atoms with Crippen LogP contribution in [-0.4, -0.2) is 45.2 Å². The number of pyridine rings is 1. The van der Waals surface area contributed by atoms with Gasteiger partial charge in [0.1, 0.15) is 12.0 Å². The Morgan fingerprint density at radius 1 is 1.24 bits per heavy atom. The van der Waals surface area contributed by atoms with Gasteiger partial charge in [0.2, 0.25) is 5.91 Å². The molecular formula is C21H24N6O2. The Morgan fingerprint density at radius 3 is 2.69 bits per heavy atom. The number of hydrogen-bond acceptors (Lipinski definition) is 6. The monoisotopic (exact) mass is 392 g/mol. The minimum atomic E-state index is -0.804. The fraction of sp³-hybridized carbons (Fsp3) is 0.190. The summed E-state index contributed by atoms with van der Waals surface area (Å²) < 4.78 is 0. The van der Waals surface area contributed by atoms with E-state index in [9.17, 15) is 9.90 Å². The van der Waals surface area contributed by atoms with E-state index in [0.29, 0.717) is 28.6 Å². The van der Waals surface area contributed by atoms with Crippen LogP contribution in [0.2, 0.25) is 0 Å². The molecule has 0 aliphatic rings. The van der Waals surface area contributed by atoms with E-state index in [1.165, 1.54) is 6.08 Å². The summed E-state index contributed by atoms with van der Waals surface area (Å²) in [6, 6.07) is 12.8. The van der Waals surface area contributed by atoms with Crippen molar-refractivity contribution in [2.75, 3.05) is 24.7 Å². The standard InChI is InChI=1S/C21H24N6O2/c1-5-20(28)22-16-8-6-7-14(10-16)17-11-15(21(29)27(3)4)12-18(23-17)24-19-9-13(2)25-26-19/h5-12,21,29H,1H2,2-4H3,(H,22,28)(H2,23,24,25,26). The zero-order chi connectivity index (χ0) is 21.0. The van der Waals surface area contributed by atoms with Crippen molar-refractivity contribution in [3.8, 4) is 11.3 Å². The second kappa shape index (κ2) is 8.68. The molecule has 1 atom stereocenters. The number of hydrogen-bond donors (Lipinski definition) is 4. The van der Waals surface area contributed by atoms with Crippen molar-refractivity contribution in [3.05, 3.63) is 66.4 Å². The third kappa shape index (κ3) is 5.07. The second-order valence-corrected chi connectivity index (χ2v) is 6.84. The number of aryl methyl sites for hydroxylation is 1. The molecule has 8 nitrogen and oxygen atoms in total. The topological polar surface area (TPSA) is 106 Å². The Balaban J connectivity index is 2.01. The number of benzene rings is 1. The molecule has 0 saturated heterocycles. The Bertz CT molecular complexity index is 1030. The number of H-pyrrole nitrogens is 1. The van der Waals surface area contributed by atoms with E-state index in [4.69, 9.17) is 0 Å². The number of carbonyl (C=O) groups is 1. The molecule has 1 amide bonds. The highest BCUT2D eigenvalue weighted by atomic mass is 16.3. The number of amides is 1. The van der Waals surface area contributed by atoms with Gasteiger partial charge in [0.25, 0.3) is 0 Å². The molecule has 0 bridgehead atoms. The normalized spacial score (nSPS) is 11.9. The molecule has 0 aliphatic carbocycles. The summed E-state index contributed by atoms with van der Waals surface area (Å²) in [6.45, 7) is 5.37. The maximum Gasteiger partial charge on any atom is 0.247 e. The highest BCUT2D eigenvalue weighted by molar-refractivity contribution is 5.99. The van der Waals surface area contributed by atoms with E-state index in [1.807, 2.05) is 37.3 Å². The van der Waals surface area contributed by atoms with Gasteiger partial charge in [0, 0.05) is 28.6 Å². The van der Waals surface area contributed by atoms with Crippen molar-refractivity contribution in [2.45, 2.75) is 13.2 Å². The van der Waals surface area contributed by atoms with Gasteiger partial charge in [-0.1, -0.05) is 18.7 Å². The molecule has 0 aliphatic heterocycles. The second-order valence-electron chi connectivity index (χ2n) is 6.84. The van der Waals surface area contributed by atoms with Crippen LogP contribution in [0.1, 0.15) is 17.5 Å². The van der Waals surface area contributed by atoms with E-state index < -0.39 is 6.23 Å². The van der Waals surface area contributed by atoms with E-state index in [0.717, 1.165) is 11.3 Å². The van der Waals surface area contributed by atoms with Crippen LogP contribution in [0.15, 0.2) is 55.1 Å². The number of aromatic amines is 1. The van der Waals surface area contributed by atoms with Crippen LogP contribution in [-0.2, 0) is 4.79 Å². The minimum absolute atomic E-state index is 0.289. The average Bonchev–Trinajstić information content (AvgIpc) is 3.11. The predicted molar refractivity (Wildman–Crippen MR) is 114 cm³/mol. The molecule has 1 aromatic carbocycles. The summed E-state index contributed by atoms with van der Waals surface area (Å²) in [6.07, 6.45) is 0.411. The van der Waals surface area contributed by atoms with Crippen LogP contribution in [0.4, 0.5) is 17.3 Å². The summed E-state index contributed by atoms with van der Waals surface area (Å²) in [5.74, 6) is 0.887. The molecule has 2 heterocycles. The lowest BCUT2D eigenvalue weighted by Gasteiger charge is -2.20. The number of nitrogens with zero attached hydrogens (tertiary/aromatic N) is 3. The first-order valence-electron chi connectivity index (χ1n) is 9.05. The Morgan fingerprint density at radius 2 is 2.03 bits per heavy atom. The number of aromatic nitrogens is 3. The van der Waals surface area contributed by atoms with Gasteiger partial charge in [-0.25, -0.2) is 4.98 Å². The van der Waals surface area contributed by atoms with Crippen molar-refractivity contribution >= 4 is 23.2 Å². The molecule has 0 saturated carbocycles. The fourth-order valence-corrected chi connectivity index (χ4v) is 2.77. The zero-order valence-electron chi connectivity index (χ0n) is 16.6. The Kier molecular flexibility index (Phi) is 6.06. The molecule has 1 unspecified atom stereocenters. The molecule has 0 spiro atoms. The summed E-state index contributed by atoms with van der Waals surface area (Å²) in [7, 11) is 3.58. The Labute approximate surface area is 169 Å². The number of anilines is 3. The van der Waals surface area contributed by atoms with Crippen LogP contribution in [0.3, 0.4) is 0 Å². The largest absolute Gasteiger partial charge is 0.374 e. The SMILES string of the molecule is C=CC(=O)Nc1cccc(-c2cc(C(O)N(C)C)cc(Nc3cc(C)[nH]n3)n2)c1. The number of aliphatic hydroxyl groups excluding tert-OH is 1. The predicted octanol–water partition coefficient (Wildman–Crippen LogP) is 3.20. The molecule has 29 heavy (non-hydrogen) atoms. The van der Waals surface area contributed by atoms with E-state index in [-0.39, 0.29) is 5.91 Å². The first kappa shape index (κ1) is 20.2. The van der Waals surface area contributed by atoms with Crippen LogP contribution in [0.5, 0.6) is 0 Å². The van der Waals surface area contributed by atoms with Crippen LogP contribution >= 0.6 is 0 Å². The van der Waals surface area contributed by atoms with Crippen molar-refractivity contribution in [2.24, 2.45) is 0 Å². The first-order valence-corrected chi connectivity index (χ1v) is 9.05. The maximum atomic E-state index is 11.6. The zero-order valence-corrected chi connectivity index (χ0v) is 16.6. The van der Waals surface area contributed by atoms with Crippen LogP contribution in [0, 0.1) is 6.92 Å². The van der Waals surface area contributed by atoms with Crippen molar-refractivity contribution < 1.29 is 9.90 Å². The van der Waals surface area contributed by atoms with Crippen LogP contribution in [0.25, 0.3) is 11.3 Å². The smallest absolute Gasteiger partial charge is 0.247 e. The van der Waals surface area contributed by atoms with Crippen LogP contribution < -0.4 is 10.6 Å². The lowest BCUT2D eigenvalue weighted by atomic mass is 10.1.